The maximum atomic E-state index is 11.6. The van der Waals surface area contributed by atoms with Crippen molar-refractivity contribution in [3.8, 4) is 5.75 Å². The first-order chi connectivity index (χ1) is 7.63. The molecule has 0 saturated heterocycles. The van der Waals surface area contributed by atoms with Crippen molar-refractivity contribution in [1.29, 1.82) is 0 Å². The molecule has 0 aromatic heterocycles. The summed E-state index contributed by atoms with van der Waals surface area (Å²) in [5, 5.41) is 0. The van der Waals surface area contributed by atoms with Crippen LogP contribution in [0.4, 0.5) is 0 Å². The normalized spacial score (nSPS) is 9.69. The molecule has 1 rings (SSSR count). The summed E-state index contributed by atoms with van der Waals surface area (Å²) in [6.45, 7) is 3.81. The van der Waals surface area contributed by atoms with Crippen molar-refractivity contribution in [2.75, 3.05) is 13.7 Å². The lowest BCUT2D eigenvalue weighted by atomic mass is 10.0. The zero-order chi connectivity index (χ0) is 12.1. The van der Waals surface area contributed by atoms with Gasteiger partial charge in [0.25, 0.3) is 0 Å². The van der Waals surface area contributed by atoms with Crippen LogP contribution in [0.2, 0.25) is 0 Å². The van der Waals surface area contributed by atoms with Crippen molar-refractivity contribution in [2.45, 2.75) is 13.8 Å². The Balaban J connectivity index is 3.20. The van der Waals surface area contributed by atoms with Crippen molar-refractivity contribution >= 4 is 12.3 Å². The smallest absolute Gasteiger partial charge is 0.338 e. The SMILES string of the molecule is CCOC(=O)c1cc(C=O)c(OC)cc1C. The number of carbonyl (C=O) groups excluding carboxylic acids is 2. The zero-order valence-corrected chi connectivity index (χ0v) is 9.57. The summed E-state index contributed by atoms with van der Waals surface area (Å²) in [6.07, 6.45) is 0.654. The Kier molecular flexibility index (Phi) is 4.05. The van der Waals surface area contributed by atoms with Gasteiger partial charge in [0.05, 0.1) is 24.8 Å². The molecule has 86 valence electrons. The van der Waals surface area contributed by atoms with Crippen LogP contribution >= 0.6 is 0 Å². The van der Waals surface area contributed by atoms with Crippen molar-refractivity contribution in [1.82, 2.24) is 0 Å². The molecule has 4 heteroatoms. The fourth-order valence-electron chi connectivity index (χ4n) is 1.40. The van der Waals surface area contributed by atoms with Gasteiger partial charge < -0.3 is 9.47 Å². The molecule has 0 spiro atoms. The highest BCUT2D eigenvalue weighted by Gasteiger charge is 2.14. The number of benzene rings is 1. The van der Waals surface area contributed by atoms with Gasteiger partial charge in [-0.15, -0.1) is 0 Å². The maximum absolute atomic E-state index is 11.6. The second kappa shape index (κ2) is 5.30. The summed E-state index contributed by atoms with van der Waals surface area (Å²) in [5.74, 6) is 0.0336. The number of aldehydes is 1. The molecule has 0 amide bonds. The van der Waals surface area contributed by atoms with Crippen molar-refractivity contribution in [2.24, 2.45) is 0 Å². The molecule has 0 unspecified atom stereocenters. The standard InChI is InChI=1S/C12H14O4/c1-4-16-12(14)10-6-9(7-13)11(15-3)5-8(10)2/h5-7H,4H2,1-3H3. The van der Waals surface area contributed by atoms with Crippen molar-refractivity contribution in [3.05, 3.63) is 28.8 Å². The lowest BCUT2D eigenvalue weighted by molar-refractivity contribution is 0.0525. The Morgan fingerprint density at radius 1 is 1.44 bits per heavy atom. The molecular formula is C12H14O4. The van der Waals surface area contributed by atoms with Crippen LogP contribution in [0.5, 0.6) is 5.75 Å². The lowest BCUT2D eigenvalue weighted by Crippen LogP contribution is -2.08. The van der Waals surface area contributed by atoms with Crippen LogP contribution in [-0.2, 0) is 4.74 Å². The van der Waals surface area contributed by atoms with Crippen LogP contribution in [0.3, 0.4) is 0 Å². The monoisotopic (exact) mass is 222 g/mol. The minimum atomic E-state index is -0.425. The van der Waals surface area contributed by atoms with Gasteiger partial charge in [-0.25, -0.2) is 4.79 Å². The number of ether oxygens (including phenoxy) is 2. The number of methoxy groups -OCH3 is 1. The molecule has 16 heavy (non-hydrogen) atoms. The number of aryl methyl sites for hydroxylation is 1. The summed E-state index contributed by atoms with van der Waals surface area (Å²) in [4.78, 5) is 22.4. The molecule has 1 aromatic carbocycles. The summed E-state index contributed by atoms with van der Waals surface area (Å²) in [7, 11) is 1.48. The molecule has 0 aliphatic heterocycles. The molecule has 0 heterocycles. The van der Waals surface area contributed by atoms with E-state index in [1.54, 1.807) is 19.9 Å². The topological polar surface area (TPSA) is 52.6 Å². The van der Waals surface area contributed by atoms with Gasteiger partial charge in [-0.3, -0.25) is 4.79 Å². The molecule has 0 radical (unpaired) electrons. The second-order valence-electron chi connectivity index (χ2n) is 3.25. The third-order valence-electron chi connectivity index (χ3n) is 2.20. The molecule has 0 aliphatic carbocycles. The highest BCUT2D eigenvalue weighted by Crippen LogP contribution is 2.22. The third-order valence-corrected chi connectivity index (χ3v) is 2.20. The second-order valence-corrected chi connectivity index (χ2v) is 3.25. The summed E-state index contributed by atoms with van der Waals surface area (Å²) < 4.78 is 9.91. The van der Waals surface area contributed by atoms with E-state index in [9.17, 15) is 9.59 Å². The molecule has 0 fully saturated rings. The Morgan fingerprint density at radius 3 is 2.62 bits per heavy atom. The summed E-state index contributed by atoms with van der Waals surface area (Å²) in [5.41, 5.74) is 1.46. The molecular weight excluding hydrogens is 208 g/mol. The fourth-order valence-corrected chi connectivity index (χ4v) is 1.40. The van der Waals surface area contributed by atoms with E-state index in [2.05, 4.69) is 0 Å². The Bertz CT molecular complexity index is 410. The van der Waals surface area contributed by atoms with Gasteiger partial charge in [-0.2, -0.15) is 0 Å². The van der Waals surface area contributed by atoms with Gasteiger partial charge in [-0.1, -0.05) is 0 Å². The minimum absolute atomic E-state index is 0.306. The van der Waals surface area contributed by atoms with Gasteiger partial charge in [0.15, 0.2) is 6.29 Å². The molecule has 0 atom stereocenters. The van der Waals surface area contributed by atoms with Crippen LogP contribution in [0, 0.1) is 6.92 Å². The van der Waals surface area contributed by atoms with Gasteiger partial charge in [0.1, 0.15) is 5.75 Å². The van der Waals surface area contributed by atoms with E-state index >= 15 is 0 Å². The highest BCUT2D eigenvalue weighted by atomic mass is 16.5. The first-order valence-corrected chi connectivity index (χ1v) is 4.95. The van der Waals surface area contributed by atoms with E-state index in [-0.39, 0.29) is 0 Å². The highest BCUT2D eigenvalue weighted by molar-refractivity contribution is 5.94. The van der Waals surface area contributed by atoms with Gasteiger partial charge in [0, 0.05) is 0 Å². The number of hydrogen-bond acceptors (Lipinski definition) is 4. The van der Waals surface area contributed by atoms with E-state index in [1.807, 2.05) is 0 Å². The molecule has 0 saturated carbocycles. The van der Waals surface area contributed by atoms with Crippen molar-refractivity contribution < 1.29 is 19.1 Å². The molecule has 0 bridgehead atoms. The van der Waals surface area contributed by atoms with Crippen LogP contribution in [-0.4, -0.2) is 26.0 Å². The van der Waals surface area contributed by atoms with Crippen LogP contribution in [0.25, 0.3) is 0 Å². The lowest BCUT2D eigenvalue weighted by Gasteiger charge is -2.09. The average Bonchev–Trinajstić information content (AvgIpc) is 2.28. The average molecular weight is 222 g/mol. The van der Waals surface area contributed by atoms with Crippen LogP contribution in [0.15, 0.2) is 12.1 Å². The predicted molar refractivity (Wildman–Crippen MR) is 59.1 cm³/mol. The summed E-state index contributed by atoms with van der Waals surface area (Å²) in [6, 6.07) is 3.13. The Hall–Kier alpha value is -1.84. The zero-order valence-electron chi connectivity index (χ0n) is 9.57. The van der Waals surface area contributed by atoms with Gasteiger partial charge in [0.2, 0.25) is 0 Å². The van der Waals surface area contributed by atoms with Gasteiger partial charge >= 0.3 is 5.97 Å². The van der Waals surface area contributed by atoms with E-state index < -0.39 is 5.97 Å². The number of rotatable bonds is 4. The molecule has 0 N–H and O–H groups in total. The Labute approximate surface area is 94.2 Å². The maximum Gasteiger partial charge on any atom is 0.338 e. The largest absolute Gasteiger partial charge is 0.496 e. The predicted octanol–water partition coefficient (Wildman–Crippen LogP) is 1.99. The first-order valence-electron chi connectivity index (χ1n) is 4.95. The van der Waals surface area contributed by atoms with Crippen LogP contribution in [0.1, 0.15) is 33.2 Å². The van der Waals surface area contributed by atoms with E-state index in [4.69, 9.17) is 9.47 Å². The van der Waals surface area contributed by atoms with E-state index in [0.29, 0.717) is 29.8 Å². The number of hydrogen-bond donors (Lipinski definition) is 0. The number of esters is 1. The van der Waals surface area contributed by atoms with E-state index in [1.165, 1.54) is 13.2 Å². The third kappa shape index (κ3) is 2.39. The fraction of sp³-hybridized carbons (Fsp3) is 0.333. The Morgan fingerprint density at radius 2 is 2.12 bits per heavy atom. The molecule has 1 aromatic rings. The van der Waals surface area contributed by atoms with Crippen LogP contribution < -0.4 is 4.74 Å². The number of carbonyl (C=O) groups is 2. The van der Waals surface area contributed by atoms with Gasteiger partial charge in [-0.05, 0) is 31.5 Å². The quantitative estimate of drug-likeness (QED) is 0.577. The first kappa shape index (κ1) is 12.2. The molecule has 0 aliphatic rings. The molecule has 4 nitrogen and oxygen atoms in total. The van der Waals surface area contributed by atoms with E-state index in [0.717, 1.165) is 5.56 Å². The minimum Gasteiger partial charge on any atom is -0.496 e. The van der Waals surface area contributed by atoms with Crippen molar-refractivity contribution in [3.63, 3.8) is 0 Å². The summed E-state index contributed by atoms with van der Waals surface area (Å²) >= 11 is 0.